The van der Waals surface area contributed by atoms with Crippen molar-refractivity contribution < 1.29 is 17.9 Å². The number of sulfonamides is 1. The molecule has 0 fully saturated rings. The fourth-order valence-corrected chi connectivity index (χ4v) is 3.98. The first kappa shape index (κ1) is 18.7. The van der Waals surface area contributed by atoms with Crippen molar-refractivity contribution in [2.24, 2.45) is 4.40 Å². The molecule has 0 saturated heterocycles. The van der Waals surface area contributed by atoms with Crippen molar-refractivity contribution in [3.8, 4) is 11.5 Å². The predicted molar refractivity (Wildman–Crippen MR) is 111 cm³/mol. The Hall–Kier alpha value is -3.65. The molecule has 1 aliphatic heterocycles. The molecule has 29 heavy (non-hydrogen) atoms. The maximum atomic E-state index is 12.3. The average Bonchev–Trinajstić information content (AvgIpc) is 2.70. The number of rotatable bonds is 5. The number of ether oxygens (including phenoxy) is 1. The third-order valence-electron chi connectivity index (χ3n) is 4.12. The van der Waals surface area contributed by atoms with Crippen molar-refractivity contribution in [3.63, 3.8) is 0 Å². The number of anilines is 2. The second-order valence-corrected chi connectivity index (χ2v) is 7.87. The second-order valence-electron chi connectivity index (χ2n) is 6.30. The molecular formula is C21H17N3O4S. The van der Waals surface area contributed by atoms with E-state index in [1.165, 1.54) is 6.07 Å². The van der Waals surface area contributed by atoms with Gasteiger partial charge < -0.3 is 15.4 Å². The number of hydrogen-bond acceptors (Lipinski definition) is 5. The van der Waals surface area contributed by atoms with Gasteiger partial charge in [-0.2, -0.15) is 8.42 Å². The molecule has 3 aromatic carbocycles. The van der Waals surface area contributed by atoms with Crippen LogP contribution in [0, 0.1) is 0 Å². The number of benzene rings is 3. The van der Waals surface area contributed by atoms with Gasteiger partial charge in [0.05, 0.1) is 12.1 Å². The summed E-state index contributed by atoms with van der Waals surface area (Å²) in [6.07, 6.45) is -0.199. The molecule has 0 unspecified atom stereocenters. The summed E-state index contributed by atoms with van der Waals surface area (Å²) in [5.41, 5.74) is 0.975. The van der Waals surface area contributed by atoms with Gasteiger partial charge in [0.15, 0.2) is 0 Å². The van der Waals surface area contributed by atoms with Crippen LogP contribution in [-0.2, 0) is 14.8 Å². The molecule has 0 aliphatic carbocycles. The summed E-state index contributed by atoms with van der Waals surface area (Å²) in [4.78, 5) is 12.4. The highest BCUT2D eigenvalue weighted by atomic mass is 32.2. The van der Waals surface area contributed by atoms with Crippen molar-refractivity contribution >= 4 is 33.1 Å². The molecule has 0 aromatic heterocycles. The van der Waals surface area contributed by atoms with Gasteiger partial charge in [-0.3, -0.25) is 4.79 Å². The Balaban J connectivity index is 1.40. The maximum Gasteiger partial charge on any atom is 0.286 e. The minimum Gasteiger partial charge on any atom is -0.457 e. The van der Waals surface area contributed by atoms with Crippen molar-refractivity contribution in [2.75, 3.05) is 10.6 Å². The van der Waals surface area contributed by atoms with Crippen molar-refractivity contribution in [3.05, 3.63) is 78.9 Å². The average molecular weight is 407 g/mol. The van der Waals surface area contributed by atoms with Gasteiger partial charge in [-0.15, -0.1) is 4.40 Å². The predicted octanol–water partition coefficient (Wildman–Crippen LogP) is 4.02. The summed E-state index contributed by atoms with van der Waals surface area (Å²) in [7, 11) is -3.82. The lowest BCUT2D eigenvalue weighted by atomic mass is 10.2. The minimum absolute atomic E-state index is 0.0743. The van der Waals surface area contributed by atoms with Crippen molar-refractivity contribution in [2.45, 2.75) is 11.3 Å². The quantitative estimate of drug-likeness (QED) is 0.666. The van der Waals surface area contributed by atoms with E-state index >= 15 is 0 Å². The Morgan fingerprint density at radius 2 is 1.55 bits per heavy atom. The molecule has 146 valence electrons. The summed E-state index contributed by atoms with van der Waals surface area (Å²) in [5, 5.41) is 5.62. The molecule has 2 N–H and O–H groups in total. The number of hydrogen-bond donors (Lipinski definition) is 2. The molecule has 3 aromatic rings. The van der Waals surface area contributed by atoms with E-state index in [-0.39, 0.29) is 23.1 Å². The number of nitrogens with zero attached hydrogens (tertiary/aromatic N) is 1. The number of carbonyl (C=O) groups is 1. The highest BCUT2D eigenvalue weighted by Crippen LogP contribution is 2.27. The minimum atomic E-state index is -3.82. The number of para-hydroxylation sites is 2. The molecule has 7 nitrogen and oxygen atoms in total. The lowest BCUT2D eigenvalue weighted by Crippen LogP contribution is -2.26. The van der Waals surface area contributed by atoms with Gasteiger partial charge in [0.25, 0.3) is 10.0 Å². The van der Waals surface area contributed by atoms with Crippen LogP contribution in [0.3, 0.4) is 0 Å². The molecule has 1 amide bonds. The van der Waals surface area contributed by atoms with E-state index in [9.17, 15) is 13.2 Å². The first-order valence-corrected chi connectivity index (χ1v) is 10.3. The van der Waals surface area contributed by atoms with Crippen LogP contribution in [0.2, 0.25) is 0 Å². The van der Waals surface area contributed by atoms with Crippen LogP contribution in [0.15, 0.2) is 88.2 Å². The van der Waals surface area contributed by atoms with Crippen LogP contribution < -0.4 is 15.4 Å². The van der Waals surface area contributed by atoms with Gasteiger partial charge in [-0.1, -0.05) is 30.3 Å². The molecular weight excluding hydrogens is 390 g/mol. The number of amidine groups is 1. The monoisotopic (exact) mass is 407 g/mol. The molecule has 0 saturated carbocycles. The zero-order chi connectivity index (χ0) is 20.3. The van der Waals surface area contributed by atoms with Gasteiger partial charge in [-0.05, 0) is 48.5 Å². The van der Waals surface area contributed by atoms with Crippen LogP contribution in [0.5, 0.6) is 11.5 Å². The fraction of sp³-hybridized carbons (Fsp3) is 0.0476. The Labute approximate surface area is 168 Å². The van der Waals surface area contributed by atoms with E-state index in [1.807, 2.05) is 30.3 Å². The molecule has 0 atom stereocenters. The SMILES string of the molecule is O=C(CC1=NS(=O)(=O)c2ccccc2N1)Nc1ccc(Oc2ccccc2)cc1. The number of carbonyl (C=O) groups excluding carboxylic acids is 1. The Morgan fingerprint density at radius 3 is 2.31 bits per heavy atom. The summed E-state index contributed by atoms with van der Waals surface area (Å²) in [6, 6.07) is 22.7. The van der Waals surface area contributed by atoms with Crippen molar-refractivity contribution in [1.82, 2.24) is 0 Å². The fourth-order valence-electron chi connectivity index (χ4n) is 2.83. The standard InChI is InChI=1S/C21H17N3O4S/c25-21(14-20-23-18-8-4-5-9-19(18)29(26,27)24-20)22-15-10-12-17(13-11-15)28-16-6-2-1-3-7-16/h1-13H,14H2,(H,22,25)(H,23,24). The van der Waals surface area contributed by atoms with Crippen molar-refractivity contribution in [1.29, 1.82) is 0 Å². The summed E-state index contributed by atoms with van der Waals surface area (Å²) in [5.74, 6) is 1.04. The summed E-state index contributed by atoms with van der Waals surface area (Å²) >= 11 is 0. The Kier molecular flexibility index (Phi) is 5.01. The largest absolute Gasteiger partial charge is 0.457 e. The number of nitrogens with one attached hydrogen (secondary N) is 2. The summed E-state index contributed by atoms with van der Waals surface area (Å²) < 4.78 is 33.9. The molecule has 0 radical (unpaired) electrons. The lowest BCUT2D eigenvalue weighted by molar-refractivity contribution is -0.115. The van der Waals surface area contributed by atoms with E-state index in [0.29, 0.717) is 22.9 Å². The van der Waals surface area contributed by atoms with E-state index in [2.05, 4.69) is 15.0 Å². The Morgan fingerprint density at radius 1 is 0.897 bits per heavy atom. The van der Waals surface area contributed by atoms with Crippen LogP contribution in [0.1, 0.15) is 6.42 Å². The molecule has 0 bridgehead atoms. The van der Waals surface area contributed by atoms with Gasteiger partial charge in [0, 0.05) is 5.69 Å². The zero-order valence-corrected chi connectivity index (χ0v) is 16.0. The zero-order valence-electron chi connectivity index (χ0n) is 15.2. The first-order chi connectivity index (χ1) is 14.0. The van der Waals surface area contributed by atoms with Crippen LogP contribution in [0.4, 0.5) is 11.4 Å². The first-order valence-electron chi connectivity index (χ1n) is 8.82. The molecule has 0 spiro atoms. The smallest absolute Gasteiger partial charge is 0.286 e. The molecule has 1 aliphatic rings. The van der Waals surface area contributed by atoms with Gasteiger partial charge in [-0.25, -0.2) is 0 Å². The van der Waals surface area contributed by atoms with Gasteiger partial charge >= 0.3 is 0 Å². The van der Waals surface area contributed by atoms with Crippen LogP contribution >= 0.6 is 0 Å². The van der Waals surface area contributed by atoms with Gasteiger partial charge in [0.2, 0.25) is 5.91 Å². The molecule has 4 rings (SSSR count). The van der Waals surface area contributed by atoms with E-state index < -0.39 is 10.0 Å². The van der Waals surface area contributed by atoms with Crippen LogP contribution in [-0.4, -0.2) is 20.2 Å². The van der Waals surface area contributed by atoms with E-state index in [1.54, 1.807) is 42.5 Å². The van der Waals surface area contributed by atoms with Gasteiger partial charge in [0.1, 0.15) is 22.2 Å². The Bertz CT molecular complexity index is 1170. The van der Waals surface area contributed by atoms with Crippen LogP contribution in [0.25, 0.3) is 0 Å². The summed E-state index contributed by atoms with van der Waals surface area (Å²) in [6.45, 7) is 0. The third kappa shape index (κ3) is 4.44. The number of amides is 1. The third-order valence-corrected chi connectivity index (χ3v) is 5.49. The topological polar surface area (TPSA) is 96.9 Å². The highest BCUT2D eigenvalue weighted by Gasteiger charge is 2.25. The normalized spacial score (nSPS) is 14.1. The maximum absolute atomic E-state index is 12.3. The highest BCUT2D eigenvalue weighted by molar-refractivity contribution is 7.90. The van der Waals surface area contributed by atoms with E-state index in [0.717, 1.165) is 0 Å². The molecule has 8 heteroatoms. The second kappa shape index (κ2) is 7.76. The lowest BCUT2D eigenvalue weighted by Gasteiger charge is -2.17. The van der Waals surface area contributed by atoms with E-state index in [4.69, 9.17) is 4.74 Å². The number of fused-ring (bicyclic) bond motifs is 1. The molecule has 1 heterocycles.